The number of alkyl halides is 13. The maximum Gasteiger partial charge on any atom is 0.456 e. The molecular formula is C8H3F13O2. The van der Waals surface area contributed by atoms with Gasteiger partial charge in [-0.3, -0.25) is 4.79 Å². The van der Waals surface area contributed by atoms with Crippen LogP contribution < -0.4 is 0 Å². The minimum Gasteiger partial charge on any atom is -0.481 e. The zero-order valence-corrected chi connectivity index (χ0v) is 9.98. The highest BCUT2D eigenvalue weighted by molar-refractivity contribution is 5.69. The molecule has 2 nitrogen and oxygen atoms in total. The molecule has 23 heavy (non-hydrogen) atoms. The molecule has 0 saturated heterocycles. The Morgan fingerprint density at radius 3 is 1.13 bits per heavy atom. The molecule has 1 N–H and O–H groups in total. The van der Waals surface area contributed by atoms with Crippen LogP contribution in [0.3, 0.4) is 0 Å². The first-order chi connectivity index (χ1) is 9.67. The minimum atomic E-state index is -7.82. The van der Waals surface area contributed by atoms with E-state index < -0.39 is 48.2 Å². The van der Waals surface area contributed by atoms with Crippen LogP contribution in [-0.2, 0) is 4.79 Å². The third kappa shape index (κ3) is 3.00. The van der Waals surface area contributed by atoms with Crippen LogP contribution >= 0.6 is 0 Å². The molecular weight excluding hydrogens is 375 g/mol. The largest absolute Gasteiger partial charge is 0.481 e. The van der Waals surface area contributed by atoms with Gasteiger partial charge in [0.2, 0.25) is 5.67 Å². The number of carboxylic acid groups (broad SMARTS) is 1. The molecule has 0 saturated carbocycles. The van der Waals surface area contributed by atoms with Crippen LogP contribution in [0.1, 0.15) is 6.42 Å². The van der Waals surface area contributed by atoms with Crippen molar-refractivity contribution in [1.82, 2.24) is 0 Å². The molecule has 138 valence electrons. The summed E-state index contributed by atoms with van der Waals surface area (Å²) in [6.07, 6.45) is -26.6. The van der Waals surface area contributed by atoms with Gasteiger partial charge in [0, 0.05) is 0 Å². The number of hydrogen-bond donors (Lipinski definition) is 1. The van der Waals surface area contributed by atoms with Crippen LogP contribution in [0.2, 0.25) is 0 Å². The number of hydrogen-bond acceptors (Lipinski definition) is 1. The summed E-state index contributed by atoms with van der Waals surface area (Å²) in [5.41, 5.74) is -15.1. The lowest BCUT2D eigenvalue weighted by atomic mass is 9.76. The standard InChI is InChI=1S/C8H3F13O2/c9-3(1-2(22)23,5(11,12)8(19,20)21)4(10,6(13,14)15)7(16,17)18/h1H2,(H,22,23). The van der Waals surface area contributed by atoms with Crippen molar-refractivity contribution in [3.63, 3.8) is 0 Å². The Morgan fingerprint density at radius 1 is 0.652 bits per heavy atom. The van der Waals surface area contributed by atoms with Gasteiger partial charge in [0.15, 0.2) is 0 Å². The first-order valence-electron chi connectivity index (χ1n) is 4.84. The quantitative estimate of drug-likeness (QED) is 0.745. The minimum absolute atomic E-state index is 3.30. The van der Waals surface area contributed by atoms with Gasteiger partial charge in [-0.15, -0.1) is 0 Å². The summed E-state index contributed by atoms with van der Waals surface area (Å²) in [5, 5.41) is 7.93. The van der Waals surface area contributed by atoms with Gasteiger partial charge in [0.25, 0.3) is 0 Å². The molecule has 0 rings (SSSR count). The Balaban J connectivity index is 6.87. The SMILES string of the molecule is O=C(O)CC(F)(C(F)(F)C(F)(F)F)C(F)(C(F)(F)F)C(F)(F)F. The van der Waals surface area contributed by atoms with Crippen LogP contribution in [0, 0.1) is 0 Å². The van der Waals surface area contributed by atoms with Crippen LogP contribution in [0.5, 0.6) is 0 Å². The molecule has 0 spiro atoms. The van der Waals surface area contributed by atoms with E-state index in [2.05, 4.69) is 0 Å². The van der Waals surface area contributed by atoms with Crippen molar-refractivity contribution in [2.75, 3.05) is 0 Å². The van der Waals surface area contributed by atoms with Crippen molar-refractivity contribution in [3.8, 4) is 0 Å². The van der Waals surface area contributed by atoms with E-state index in [1.807, 2.05) is 0 Å². The topological polar surface area (TPSA) is 37.3 Å². The molecule has 1 atom stereocenters. The second-order valence-electron chi connectivity index (χ2n) is 4.10. The van der Waals surface area contributed by atoms with Crippen molar-refractivity contribution in [2.24, 2.45) is 0 Å². The zero-order chi connectivity index (χ0) is 19.3. The van der Waals surface area contributed by atoms with Crippen LogP contribution in [0.15, 0.2) is 0 Å². The molecule has 0 aromatic rings. The molecule has 0 radical (unpaired) electrons. The van der Waals surface area contributed by atoms with E-state index in [0.717, 1.165) is 0 Å². The summed E-state index contributed by atoms with van der Waals surface area (Å²) >= 11 is 0. The Labute approximate surface area is 116 Å². The zero-order valence-electron chi connectivity index (χ0n) is 9.98. The number of halogens is 13. The lowest BCUT2D eigenvalue weighted by Crippen LogP contribution is -2.75. The molecule has 0 aromatic carbocycles. The molecule has 0 heterocycles. The van der Waals surface area contributed by atoms with Crippen molar-refractivity contribution in [2.45, 2.75) is 42.2 Å². The highest BCUT2D eigenvalue weighted by Gasteiger charge is 2.92. The summed E-state index contributed by atoms with van der Waals surface area (Å²) in [5.74, 6) is -10.9. The van der Waals surface area contributed by atoms with E-state index in [9.17, 15) is 61.9 Å². The van der Waals surface area contributed by atoms with Gasteiger partial charge >= 0.3 is 36.1 Å². The fourth-order valence-corrected chi connectivity index (χ4v) is 1.49. The van der Waals surface area contributed by atoms with Crippen LogP contribution in [0.4, 0.5) is 57.1 Å². The molecule has 0 bridgehead atoms. The Morgan fingerprint density at radius 2 is 0.957 bits per heavy atom. The fourth-order valence-electron chi connectivity index (χ4n) is 1.49. The Kier molecular flexibility index (Phi) is 4.96. The predicted molar refractivity (Wildman–Crippen MR) is 43.0 cm³/mol. The van der Waals surface area contributed by atoms with E-state index in [1.54, 1.807) is 0 Å². The third-order valence-electron chi connectivity index (χ3n) is 2.58. The van der Waals surface area contributed by atoms with Gasteiger partial charge in [-0.05, 0) is 0 Å². The van der Waals surface area contributed by atoms with E-state index in [0.29, 0.717) is 0 Å². The fraction of sp³-hybridized carbons (Fsp3) is 0.875. The lowest BCUT2D eigenvalue weighted by molar-refractivity contribution is -0.428. The van der Waals surface area contributed by atoms with Crippen molar-refractivity contribution in [3.05, 3.63) is 0 Å². The summed E-state index contributed by atoms with van der Waals surface area (Å²) in [6, 6.07) is 0. The molecule has 15 heteroatoms. The molecule has 0 amide bonds. The summed E-state index contributed by atoms with van der Waals surface area (Å²) in [7, 11) is 0. The Bertz CT molecular complexity index is 444. The molecule has 0 aliphatic rings. The van der Waals surface area contributed by atoms with Crippen LogP contribution in [-0.4, -0.2) is 46.9 Å². The average molecular weight is 378 g/mol. The van der Waals surface area contributed by atoms with Crippen molar-refractivity contribution in [1.29, 1.82) is 0 Å². The third-order valence-corrected chi connectivity index (χ3v) is 2.58. The smallest absolute Gasteiger partial charge is 0.456 e. The number of carboxylic acids is 1. The van der Waals surface area contributed by atoms with Crippen molar-refractivity contribution >= 4 is 5.97 Å². The molecule has 0 aromatic heterocycles. The highest BCUT2D eigenvalue weighted by atomic mass is 19.4. The van der Waals surface area contributed by atoms with Gasteiger partial charge in [0.05, 0.1) is 6.42 Å². The summed E-state index contributed by atoms with van der Waals surface area (Å²) < 4.78 is 162. The average Bonchev–Trinajstić information content (AvgIpc) is 2.21. The van der Waals surface area contributed by atoms with E-state index in [1.165, 1.54) is 0 Å². The van der Waals surface area contributed by atoms with Gasteiger partial charge < -0.3 is 5.11 Å². The lowest BCUT2D eigenvalue weighted by Gasteiger charge is -2.44. The summed E-state index contributed by atoms with van der Waals surface area (Å²) in [6.45, 7) is 0. The molecule has 0 aliphatic heterocycles. The first-order valence-corrected chi connectivity index (χ1v) is 4.84. The van der Waals surface area contributed by atoms with E-state index in [-0.39, 0.29) is 0 Å². The predicted octanol–water partition coefficient (Wildman–Crippen LogP) is 4.20. The number of carbonyl (C=O) groups is 1. The number of rotatable bonds is 4. The van der Waals surface area contributed by atoms with E-state index >= 15 is 0 Å². The normalized spacial score (nSPS) is 17.8. The first kappa shape index (κ1) is 21.6. The van der Waals surface area contributed by atoms with Gasteiger partial charge in [0.1, 0.15) is 0 Å². The maximum absolute atomic E-state index is 13.7. The van der Waals surface area contributed by atoms with Gasteiger partial charge in [-0.1, -0.05) is 0 Å². The number of aliphatic carboxylic acids is 1. The van der Waals surface area contributed by atoms with E-state index in [4.69, 9.17) is 5.11 Å². The van der Waals surface area contributed by atoms with Crippen molar-refractivity contribution < 1.29 is 67.0 Å². The van der Waals surface area contributed by atoms with Gasteiger partial charge in [-0.25, -0.2) is 8.78 Å². The highest BCUT2D eigenvalue weighted by Crippen LogP contribution is 2.62. The monoisotopic (exact) mass is 378 g/mol. The van der Waals surface area contributed by atoms with Crippen LogP contribution in [0.25, 0.3) is 0 Å². The second kappa shape index (κ2) is 5.29. The Hall–Kier alpha value is -1.44. The molecule has 1 unspecified atom stereocenters. The second-order valence-corrected chi connectivity index (χ2v) is 4.10. The molecule has 0 aliphatic carbocycles. The molecule has 0 fully saturated rings. The summed E-state index contributed by atoms with van der Waals surface area (Å²) in [4.78, 5) is 10.0. The maximum atomic E-state index is 13.7. The van der Waals surface area contributed by atoms with Gasteiger partial charge in [-0.2, -0.15) is 48.3 Å².